The molecule has 0 unspecified atom stereocenters. The topological polar surface area (TPSA) is 54.3 Å². The van der Waals surface area contributed by atoms with E-state index in [2.05, 4.69) is 16.7 Å². The molecule has 0 saturated carbocycles. The largest absolute Gasteiger partial charge is 0.469 e. The first-order valence-electron chi connectivity index (χ1n) is 6.42. The van der Waals surface area contributed by atoms with Gasteiger partial charge in [0.1, 0.15) is 5.76 Å². The fourth-order valence-electron chi connectivity index (χ4n) is 2.38. The number of hydrogen-bond acceptors (Lipinski definition) is 3. The highest BCUT2D eigenvalue weighted by molar-refractivity contribution is 6.04. The molecule has 1 amide bonds. The van der Waals surface area contributed by atoms with Gasteiger partial charge in [-0.1, -0.05) is 6.07 Å². The van der Waals surface area contributed by atoms with Gasteiger partial charge in [-0.05, 0) is 49.2 Å². The molecule has 1 aromatic carbocycles. The Labute approximate surface area is 111 Å². The third kappa shape index (κ3) is 2.39. The number of fused-ring (bicyclic) bond motifs is 1. The van der Waals surface area contributed by atoms with Gasteiger partial charge in [0, 0.05) is 12.2 Å². The first-order valence-corrected chi connectivity index (χ1v) is 6.42. The van der Waals surface area contributed by atoms with Crippen LogP contribution in [-0.2, 0) is 13.0 Å². The van der Waals surface area contributed by atoms with Crippen molar-refractivity contribution >= 4 is 11.6 Å². The third-order valence-corrected chi connectivity index (χ3v) is 3.45. The highest BCUT2D eigenvalue weighted by Gasteiger charge is 2.13. The lowest BCUT2D eigenvalue weighted by Gasteiger charge is -2.18. The zero-order valence-electron chi connectivity index (χ0n) is 10.8. The van der Waals surface area contributed by atoms with Crippen LogP contribution < -0.4 is 10.6 Å². The number of furan rings is 1. The van der Waals surface area contributed by atoms with Crippen LogP contribution in [0.15, 0.2) is 34.9 Å². The van der Waals surface area contributed by atoms with Crippen LogP contribution in [0, 0.1) is 6.92 Å². The Morgan fingerprint density at radius 1 is 1.32 bits per heavy atom. The molecular formula is C15H16N2O2. The van der Waals surface area contributed by atoms with Crippen molar-refractivity contribution in [2.75, 3.05) is 11.9 Å². The first-order chi connectivity index (χ1) is 9.24. The summed E-state index contributed by atoms with van der Waals surface area (Å²) in [6.45, 7) is 3.67. The summed E-state index contributed by atoms with van der Waals surface area (Å²) < 4.78 is 5.14. The molecule has 2 aromatic rings. The van der Waals surface area contributed by atoms with E-state index in [1.807, 2.05) is 12.1 Å². The highest BCUT2D eigenvalue weighted by Crippen LogP contribution is 2.20. The number of benzene rings is 1. The predicted molar refractivity (Wildman–Crippen MR) is 73.3 cm³/mol. The molecule has 1 aliphatic heterocycles. The number of aryl methyl sites for hydroxylation is 1. The minimum atomic E-state index is -0.130. The van der Waals surface area contributed by atoms with Crippen molar-refractivity contribution in [2.24, 2.45) is 0 Å². The van der Waals surface area contributed by atoms with Crippen molar-refractivity contribution in [2.45, 2.75) is 19.9 Å². The molecule has 0 bridgehead atoms. The second-order valence-corrected chi connectivity index (χ2v) is 4.75. The summed E-state index contributed by atoms with van der Waals surface area (Å²) in [5, 5.41) is 6.24. The van der Waals surface area contributed by atoms with Crippen LogP contribution in [0.3, 0.4) is 0 Å². The summed E-state index contributed by atoms with van der Waals surface area (Å²) in [4.78, 5) is 12.1. The molecule has 4 nitrogen and oxygen atoms in total. The van der Waals surface area contributed by atoms with E-state index in [4.69, 9.17) is 4.42 Å². The predicted octanol–water partition coefficient (Wildman–Crippen LogP) is 2.49. The van der Waals surface area contributed by atoms with Crippen molar-refractivity contribution < 1.29 is 9.21 Å². The number of hydrogen-bond donors (Lipinski definition) is 2. The van der Waals surface area contributed by atoms with E-state index in [1.54, 1.807) is 13.0 Å². The molecule has 98 valence electrons. The normalized spacial score (nSPS) is 13.9. The maximum absolute atomic E-state index is 12.1. The SMILES string of the molecule is Cc1occc1C(=O)Nc1ccc2c(c1)CNCC2. The zero-order chi connectivity index (χ0) is 13.2. The summed E-state index contributed by atoms with van der Waals surface area (Å²) in [5.74, 6) is 0.507. The third-order valence-electron chi connectivity index (χ3n) is 3.45. The molecule has 0 radical (unpaired) electrons. The number of amides is 1. The van der Waals surface area contributed by atoms with Gasteiger partial charge < -0.3 is 15.1 Å². The summed E-state index contributed by atoms with van der Waals surface area (Å²) in [6.07, 6.45) is 2.57. The standard InChI is InChI=1S/C15H16N2O2/c1-10-14(5-7-19-10)15(18)17-13-3-2-11-4-6-16-9-12(11)8-13/h2-3,5,7-8,16H,4,6,9H2,1H3,(H,17,18). The average Bonchev–Trinajstić information content (AvgIpc) is 2.85. The molecule has 1 aliphatic rings. The quantitative estimate of drug-likeness (QED) is 0.868. The van der Waals surface area contributed by atoms with Crippen LogP contribution >= 0.6 is 0 Å². The summed E-state index contributed by atoms with van der Waals surface area (Å²) in [6, 6.07) is 7.77. The van der Waals surface area contributed by atoms with Crippen molar-refractivity contribution in [1.29, 1.82) is 0 Å². The smallest absolute Gasteiger partial charge is 0.259 e. The van der Waals surface area contributed by atoms with Gasteiger partial charge in [-0.3, -0.25) is 4.79 Å². The first kappa shape index (κ1) is 12.0. The fourth-order valence-corrected chi connectivity index (χ4v) is 2.38. The molecule has 2 heterocycles. The van der Waals surface area contributed by atoms with Crippen molar-refractivity contribution in [3.8, 4) is 0 Å². The lowest BCUT2D eigenvalue weighted by molar-refractivity contribution is 0.102. The van der Waals surface area contributed by atoms with Crippen LogP contribution in [0.4, 0.5) is 5.69 Å². The molecule has 2 N–H and O–H groups in total. The van der Waals surface area contributed by atoms with E-state index in [0.29, 0.717) is 11.3 Å². The molecule has 0 spiro atoms. The van der Waals surface area contributed by atoms with Gasteiger partial charge >= 0.3 is 0 Å². The molecular weight excluding hydrogens is 240 g/mol. The number of carbonyl (C=O) groups excluding carboxylic acids is 1. The number of nitrogens with one attached hydrogen (secondary N) is 2. The van der Waals surface area contributed by atoms with Gasteiger partial charge in [0.25, 0.3) is 5.91 Å². The maximum Gasteiger partial charge on any atom is 0.259 e. The second kappa shape index (κ2) is 4.90. The molecule has 19 heavy (non-hydrogen) atoms. The average molecular weight is 256 g/mol. The van der Waals surface area contributed by atoms with E-state index in [0.717, 1.165) is 25.2 Å². The lowest BCUT2D eigenvalue weighted by Crippen LogP contribution is -2.23. The minimum Gasteiger partial charge on any atom is -0.469 e. The molecule has 0 saturated heterocycles. The number of carbonyl (C=O) groups is 1. The van der Waals surface area contributed by atoms with Gasteiger partial charge in [-0.15, -0.1) is 0 Å². The van der Waals surface area contributed by atoms with Crippen molar-refractivity contribution in [3.63, 3.8) is 0 Å². The van der Waals surface area contributed by atoms with Crippen molar-refractivity contribution in [1.82, 2.24) is 5.32 Å². The molecule has 0 aliphatic carbocycles. The van der Waals surface area contributed by atoms with Gasteiger partial charge in [0.15, 0.2) is 0 Å². The van der Waals surface area contributed by atoms with E-state index in [-0.39, 0.29) is 5.91 Å². The van der Waals surface area contributed by atoms with Crippen LogP contribution in [0.2, 0.25) is 0 Å². The van der Waals surface area contributed by atoms with Crippen LogP contribution in [-0.4, -0.2) is 12.5 Å². The van der Waals surface area contributed by atoms with E-state index in [9.17, 15) is 4.79 Å². The van der Waals surface area contributed by atoms with E-state index in [1.165, 1.54) is 17.4 Å². The van der Waals surface area contributed by atoms with Gasteiger partial charge in [0.2, 0.25) is 0 Å². The number of anilines is 1. The molecule has 3 rings (SSSR count). The molecule has 0 fully saturated rings. The Morgan fingerprint density at radius 3 is 3.00 bits per heavy atom. The van der Waals surface area contributed by atoms with Gasteiger partial charge in [-0.2, -0.15) is 0 Å². The highest BCUT2D eigenvalue weighted by atomic mass is 16.3. The Morgan fingerprint density at radius 2 is 2.21 bits per heavy atom. The van der Waals surface area contributed by atoms with E-state index < -0.39 is 0 Å². The van der Waals surface area contributed by atoms with E-state index >= 15 is 0 Å². The maximum atomic E-state index is 12.1. The second-order valence-electron chi connectivity index (χ2n) is 4.75. The molecule has 1 aromatic heterocycles. The monoisotopic (exact) mass is 256 g/mol. The van der Waals surface area contributed by atoms with Crippen LogP contribution in [0.25, 0.3) is 0 Å². The minimum absolute atomic E-state index is 0.130. The van der Waals surface area contributed by atoms with Crippen LogP contribution in [0.1, 0.15) is 27.2 Å². The Balaban J connectivity index is 1.80. The Kier molecular flexibility index (Phi) is 3.09. The lowest BCUT2D eigenvalue weighted by atomic mass is 10.0. The summed E-state index contributed by atoms with van der Waals surface area (Å²) in [7, 11) is 0. The van der Waals surface area contributed by atoms with Gasteiger partial charge in [0.05, 0.1) is 11.8 Å². The summed E-state index contributed by atoms with van der Waals surface area (Å²) in [5.41, 5.74) is 4.02. The Hall–Kier alpha value is -2.07. The number of rotatable bonds is 2. The van der Waals surface area contributed by atoms with Crippen LogP contribution in [0.5, 0.6) is 0 Å². The molecule has 4 heteroatoms. The van der Waals surface area contributed by atoms with Crippen molar-refractivity contribution in [3.05, 3.63) is 53.0 Å². The molecule has 0 atom stereocenters. The summed E-state index contributed by atoms with van der Waals surface area (Å²) >= 11 is 0. The Bertz CT molecular complexity index is 616. The fraction of sp³-hybridized carbons (Fsp3) is 0.267. The zero-order valence-corrected chi connectivity index (χ0v) is 10.8. The van der Waals surface area contributed by atoms with Gasteiger partial charge in [-0.25, -0.2) is 0 Å².